The van der Waals surface area contributed by atoms with E-state index in [2.05, 4.69) is 18.2 Å². The largest absolute Gasteiger partial charge is 0.380 e. The molecule has 0 heterocycles. The summed E-state index contributed by atoms with van der Waals surface area (Å²) in [5, 5.41) is 11.4. The molecule has 21 heavy (non-hydrogen) atoms. The number of halogens is 1. The van der Waals surface area contributed by atoms with Gasteiger partial charge in [-0.1, -0.05) is 61.0 Å². The van der Waals surface area contributed by atoms with E-state index in [1.165, 1.54) is 24.8 Å². The SMILES string of the molecule is OC(CCCl)(c1ccccc1)c1ccccc1C1CCC1. The van der Waals surface area contributed by atoms with E-state index in [1.54, 1.807) is 0 Å². The van der Waals surface area contributed by atoms with Crippen molar-refractivity contribution in [2.75, 3.05) is 5.88 Å². The van der Waals surface area contributed by atoms with Crippen molar-refractivity contribution in [3.63, 3.8) is 0 Å². The number of alkyl halides is 1. The maximum absolute atomic E-state index is 11.4. The number of aliphatic hydroxyl groups is 1. The highest BCUT2D eigenvalue weighted by atomic mass is 35.5. The first-order valence-corrected chi connectivity index (χ1v) is 8.22. The maximum atomic E-state index is 11.4. The summed E-state index contributed by atoms with van der Waals surface area (Å²) < 4.78 is 0. The van der Waals surface area contributed by atoms with Crippen molar-refractivity contribution < 1.29 is 5.11 Å². The highest BCUT2D eigenvalue weighted by Crippen LogP contribution is 2.43. The lowest BCUT2D eigenvalue weighted by molar-refractivity contribution is 0.0755. The van der Waals surface area contributed by atoms with Crippen molar-refractivity contribution >= 4 is 11.6 Å². The zero-order chi connectivity index (χ0) is 14.7. The van der Waals surface area contributed by atoms with E-state index < -0.39 is 5.60 Å². The number of rotatable bonds is 5. The molecule has 110 valence electrons. The van der Waals surface area contributed by atoms with Crippen LogP contribution in [-0.2, 0) is 5.60 Å². The van der Waals surface area contributed by atoms with Crippen molar-refractivity contribution in [3.05, 3.63) is 71.3 Å². The summed E-state index contributed by atoms with van der Waals surface area (Å²) in [5.41, 5.74) is 2.26. The van der Waals surface area contributed by atoms with Crippen molar-refractivity contribution in [3.8, 4) is 0 Å². The van der Waals surface area contributed by atoms with Gasteiger partial charge in [-0.15, -0.1) is 11.6 Å². The fourth-order valence-electron chi connectivity index (χ4n) is 3.23. The van der Waals surface area contributed by atoms with Gasteiger partial charge in [-0.25, -0.2) is 0 Å². The smallest absolute Gasteiger partial charge is 0.116 e. The summed E-state index contributed by atoms with van der Waals surface area (Å²) in [4.78, 5) is 0. The molecule has 1 saturated carbocycles. The molecule has 1 atom stereocenters. The summed E-state index contributed by atoms with van der Waals surface area (Å²) in [6, 6.07) is 18.2. The molecule has 3 rings (SSSR count). The molecular weight excluding hydrogens is 280 g/mol. The summed E-state index contributed by atoms with van der Waals surface area (Å²) in [6.45, 7) is 0. The molecule has 1 aliphatic carbocycles. The quantitative estimate of drug-likeness (QED) is 0.785. The van der Waals surface area contributed by atoms with E-state index in [0.29, 0.717) is 18.2 Å². The highest BCUT2D eigenvalue weighted by molar-refractivity contribution is 6.17. The minimum Gasteiger partial charge on any atom is -0.380 e. The van der Waals surface area contributed by atoms with Crippen LogP contribution in [0.4, 0.5) is 0 Å². The Morgan fingerprint density at radius 3 is 2.29 bits per heavy atom. The second-order valence-electron chi connectivity index (χ2n) is 5.88. The number of hydrogen-bond donors (Lipinski definition) is 1. The van der Waals surface area contributed by atoms with Gasteiger partial charge < -0.3 is 5.11 Å². The van der Waals surface area contributed by atoms with Gasteiger partial charge in [-0.05, 0) is 41.9 Å². The zero-order valence-corrected chi connectivity index (χ0v) is 12.9. The fraction of sp³-hybridized carbons (Fsp3) is 0.368. The highest BCUT2D eigenvalue weighted by Gasteiger charge is 2.35. The third-order valence-electron chi connectivity index (χ3n) is 4.66. The minimum absolute atomic E-state index is 0.435. The third kappa shape index (κ3) is 2.73. The molecule has 1 aliphatic rings. The van der Waals surface area contributed by atoms with E-state index in [1.807, 2.05) is 36.4 Å². The summed E-state index contributed by atoms with van der Waals surface area (Å²) in [7, 11) is 0. The van der Waals surface area contributed by atoms with Gasteiger partial charge in [0.15, 0.2) is 0 Å². The predicted molar refractivity (Wildman–Crippen MR) is 87.8 cm³/mol. The molecule has 0 amide bonds. The van der Waals surface area contributed by atoms with Gasteiger partial charge in [0, 0.05) is 5.88 Å². The molecule has 1 nitrogen and oxygen atoms in total. The first-order chi connectivity index (χ1) is 10.3. The van der Waals surface area contributed by atoms with E-state index in [4.69, 9.17) is 11.6 Å². The topological polar surface area (TPSA) is 20.2 Å². The van der Waals surface area contributed by atoms with E-state index in [-0.39, 0.29) is 0 Å². The van der Waals surface area contributed by atoms with Gasteiger partial charge in [0.25, 0.3) is 0 Å². The Kier molecular flexibility index (Phi) is 4.32. The number of benzene rings is 2. The van der Waals surface area contributed by atoms with Gasteiger partial charge in [0.05, 0.1) is 0 Å². The first-order valence-electron chi connectivity index (χ1n) is 7.69. The van der Waals surface area contributed by atoms with Crippen LogP contribution in [0, 0.1) is 0 Å². The Bertz CT molecular complexity index is 592. The summed E-state index contributed by atoms with van der Waals surface area (Å²) in [5.74, 6) is 1.02. The summed E-state index contributed by atoms with van der Waals surface area (Å²) >= 11 is 6.01. The lowest BCUT2D eigenvalue weighted by Crippen LogP contribution is -2.30. The molecule has 1 unspecified atom stereocenters. The van der Waals surface area contributed by atoms with Gasteiger partial charge >= 0.3 is 0 Å². The Balaban J connectivity index is 2.09. The Labute approximate surface area is 131 Å². The minimum atomic E-state index is -0.991. The third-order valence-corrected chi connectivity index (χ3v) is 4.85. The molecule has 2 aromatic carbocycles. The van der Waals surface area contributed by atoms with Crippen LogP contribution in [0.15, 0.2) is 54.6 Å². The lowest BCUT2D eigenvalue weighted by atomic mass is 9.73. The molecular formula is C19H21ClO. The molecule has 0 radical (unpaired) electrons. The average Bonchev–Trinajstić information content (AvgIpc) is 2.47. The Hall–Kier alpha value is -1.31. The molecule has 0 spiro atoms. The van der Waals surface area contributed by atoms with Crippen molar-refractivity contribution in [2.24, 2.45) is 0 Å². The van der Waals surface area contributed by atoms with Crippen LogP contribution in [0.25, 0.3) is 0 Å². The molecule has 0 aromatic heterocycles. The summed E-state index contributed by atoms with van der Waals surface area (Å²) in [6.07, 6.45) is 4.27. The van der Waals surface area contributed by atoms with Gasteiger partial charge in [-0.2, -0.15) is 0 Å². The molecule has 2 heteroatoms. The van der Waals surface area contributed by atoms with Crippen LogP contribution in [0.1, 0.15) is 48.3 Å². The standard InChI is InChI=1S/C19H21ClO/c20-14-13-19(21,16-9-2-1-3-10-16)18-12-5-4-11-17(18)15-7-6-8-15/h1-5,9-12,15,21H,6-8,13-14H2. The second kappa shape index (κ2) is 6.21. The predicted octanol–water partition coefficient (Wildman–Crippen LogP) is 4.82. The second-order valence-corrected chi connectivity index (χ2v) is 6.26. The molecule has 1 N–H and O–H groups in total. The van der Waals surface area contributed by atoms with E-state index in [9.17, 15) is 5.11 Å². The molecule has 1 fully saturated rings. The molecule has 0 saturated heterocycles. The first kappa shape index (κ1) is 14.6. The maximum Gasteiger partial charge on any atom is 0.116 e. The van der Waals surface area contributed by atoms with Crippen molar-refractivity contribution in [1.82, 2.24) is 0 Å². The molecule has 2 aromatic rings. The zero-order valence-electron chi connectivity index (χ0n) is 12.1. The van der Waals surface area contributed by atoms with Crippen LogP contribution in [0.2, 0.25) is 0 Å². The normalized spacial score (nSPS) is 18.0. The monoisotopic (exact) mass is 300 g/mol. The van der Waals surface area contributed by atoms with Gasteiger partial charge in [0.1, 0.15) is 5.60 Å². The Morgan fingerprint density at radius 1 is 1.00 bits per heavy atom. The Morgan fingerprint density at radius 2 is 1.67 bits per heavy atom. The van der Waals surface area contributed by atoms with Gasteiger partial charge in [-0.3, -0.25) is 0 Å². The van der Waals surface area contributed by atoms with Crippen LogP contribution in [0.5, 0.6) is 0 Å². The van der Waals surface area contributed by atoms with E-state index in [0.717, 1.165) is 11.1 Å². The molecule has 0 aliphatic heterocycles. The van der Waals surface area contributed by atoms with Crippen LogP contribution >= 0.6 is 11.6 Å². The van der Waals surface area contributed by atoms with Crippen molar-refractivity contribution in [1.29, 1.82) is 0 Å². The lowest BCUT2D eigenvalue weighted by Gasteiger charge is -2.35. The van der Waals surface area contributed by atoms with Crippen LogP contribution in [0.3, 0.4) is 0 Å². The van der Waals surface area contributed by atoms with Crippen LogP contribution in [-0.4, -0.2) is 11.0 Å². The van der Waals surface area contributed by atoms with Gasteiger partial charge in [0.2, 0.25) is 0 Å². The fourth-order valence-corrected chi connectivity index (χ4v) is 3.51. The molecule has 0 bridgehead atoms. The van der Waals surface area contributed by atoms with Crippen LogP contribution < -0.4 is 0 Å². The van der Waals surface area contributed by atoms with Crippen molar-refractivity contribution in [2.45, 2.75) is 37.2 Å². The van der Waals surface area contributed by atoms with E-state index >= 15 is 0 Å². The number of hydrogen-bond acceptors (Lipinski definition) is 1. The average molecular weight is 301 g/mol.